The van der Waals surface area contributed by atoms with Gasteiger partial charge in [-0.15, -0.1) is 11.3 Å². The third-order valence-electron chi connectivity index (χ3n) is 2.78. The molecule has 0 saturated carbocycles. The number of hydrogen-bond acceptors (Lipinski definition) is 5. The molecule has 0 bridgehead atoms. The standard InChI is InChI=1S/C13H11N3O3S/c1-2-19-13(18)8-7-14-11-6-9(10-4-3-5-20-10)15-16(11)12(8)17/h3-7,15H,2H2,1H3. The molecule has 0 spiro atoms. The smallest absolute Gasteiger partial charge is 0.345 e. The molecule has 20 heavy (non-hydrogen) atoms. The fourth-order valence-corrected chi connectivity index (χ4v) is 2.56. The van der Waals surface area contributed by atoms with Crippen LogP contribution in [0.1, 0.15) is 17.3 Å². The number of nitrogens with one attached hydrogen (secondary N) is 1. The van der Waals surface area contributed by atoms with Crippen LogP contribution in [-0.2, 0) is 4.74 Å². The lowest BCUT2D eigenvalue weighted by atomic mass is 10.3. The molecule has 0 unspecified atom stereocenters. The van der Waals surface area contributed by atoms with Crippen LogP contribution in [-0.4, -0.2) is 27.2 Å². The molecular formula is C13H11N3O3S. The van der Waals surface area contributed by atoms with Crippen molar-refractivity contribution in [3.05, 3.63) is 45.7 Å². The van der Waals surface area contributed by atoms with E-state index in [-0.39, 0.29) is 12.2 Å². The van der Waals surface area contributed by atoms with Crippen LogP contribution in [0, 0.1) is 0 Å². The number of aromatic nitrogens is 3. The number of hydrogen-bond donors (Lipinski definition) is 1. The van der Waals surface area contributed by atoms with Crippen LogP contribution in [0.15, 0.2) is 34.6 Å². The second-order valence-electron chi connectivity index (χ2n) is 4.04. The van der Waals surface area contributed by atoms with Crippen molar-refractivity contribution in [3.8, 4) is 10.6 Å². The summed E-state index contributed by atoms with van der Waals surface area (Å²) in [5, 5.41) is 4.89. The predicted octanol–water partition coefficient (Wildman–Crippen LogP) is 1.93. The van der Waals surface area contributed by atoms with E-state index in [4.69, 9.17) is 4.74 Å². The zero-order valence-corrected chi connectivity index (χ0v) is 11.4. The first kappa shape index (κ1) is 12.6. The van der Waals surface area contributed by atoms with Gasteiger partial charge in [0.15, 0.2) is 5.65 Å². The number of nitrogens with zero attached hydrogens (tertiary/aromatic N) is 2. The number of thiophene rings is 1. The van der Waals surface area contributed by atoms with Crippen LogP contribution in [0.5, 0.6) is 0 Å². The molecule has 6 nitrogen and oxygen atoms in total. The van der Waals surface area contributed by atoms with Crippen molar-refractivity contribution >= 4 is 23.0 Å². The van der Waals surface area contributed by atoms with Crippen molar-refractivity contribution < 1.29 is 9.53 Å². The molecule has 0 aliphatic carbocycles. The summed E-state index contributed by atoms with van der Waals surface area (Å²) in [6.07, 6.45) is 1.25. The summed E-state index contributed by atoms with van der Waals surface area (Å²) in [5.41, 5.74) is 0.706. The molecule has 0 aliphatic heterocycles. The van der Waals surface area contributed by atoms with Gasteiger partial charge in [-0.25, -0.2) is 14.3 Å². The van der Waals surface area contributed by atoms with Gasteiger partial charge >= 0.3 is 5.97 Å². The van der Waals surface area contributed by atoms with E-state index in [1.54, 1.807) is 24.3 Å². The highest BCUT2D eigenvalue weighted by Crippen LogP contribution is 2.23. The minimum atomic E-state index is -0.660. The predicted molar refractivity (Wildman–Crippen MR) is 75.1 cm³/mol. The van der Waals surface area contributed by atoms with E-state index < -0.39 is 11.5 Å². The van der Waals surface area contributed by atoms with E-state index in [1.807, 2.05) is 17.5 Å². The van der Waals surface area contributed by atoms with Crippen LogP contribution < -0.4 is 5.56 Å². The first-order valence-electron chi connectivity index (χ1n) is 6.02. The highest BCUT2D eigenvalue weighted by molar-refractivity contribution is 7.13. The number of carbonyl (C=O) groups is 1. The third-order valence-corrected chi connectivity index (χ3v) is 3.68. The number of aromatic amines is 1. The SMILES string of the molecule is CCOC(=O)c1cnc2cc(-c3cccs3)[nH]n2c1=O. The topological polar surface area (TPSA) is 76.5 Å². The minimum Gasteiger partial charge on any atom is -0.462 e. The number of carbonyl (C=O) groups excluding carboxylic acids is 1. The van der Waals surface area contributed by atoms with Crippen molar-refractivity contribution in [2.75, 3.05) is 6.61 Å². The Morgan fingerprint density at radius 3 is 3.10 bits per heavy atom. The molecule has 1 N–H and O–H groups in total. The van der Waals surface area contributed by atoms with Crippen molar-refractivity contribution in [1.82, 2.24) is 14.6 Å². The van der Waals surface area contributed by atoms with Gasteiger partial charge in [-0.1, -0.05) is 6.07 Å². The average Bonchev–Trinajstić information content (AvgIpc) is 3.08. The lowest BCUT2D eigenvalue weighted by molar-refractivity contribution is 0.0523. The van der Waals surface area contributed by atoms with Crippen LogP contribution in [0.2, 0.25) is 0 Å². The highest BCUT2D eigenvalue weighted by Gasteiger charge is 2.16. The van der Waals surface area contributed by atoms with E-state index in [9.17, 15) is 9.59 Å². The quantitative estimate of drug-likeness (QED) is 0.747. The van der Waals surface area contributed by atoms with Gasteiger partial charge in [-0.2, -0.15) is 0 Å². The molecular weight excluding hydrogens is 278 g/mol. The minimum absolute atomic E-state index is 0.0797. The average molecular weight is 289 g/mol. The first-order chi connectivity index (χ1) is 9.70. The molecule has 0 aromatic carbocycles. The fraction of sp³-hybridized carbons (Fsp3) is 0.154. The Hall–Kier alpha value is -2.41. The van der Waals surface area contributed by atoms with Gasteiger partial charge in [0.2, 0.25) is 0 Å². The summed E-state index contributed by atoms with van der Waals surface area (Å²) >= 11 is 1.55. The van der Waals surface area contributed by atoms with E-state index in [0.29, 0.717) is 5.65 Å². The van der Waals surface area contributed by atoms with Crippen molar-refractivity contribution in [3.63, 3.8) is 0 Å². The maximum absolute atomic E-state index is 12.2. The Morgan fingerprint density at radius 2 is 2.40 bits per heavy atom. The number of rotatable bonds is 3. The second-order valence-corrected chi connectivity index (χ2v) is 4.99. The molecule has 3 aromatic heterocycles. The molecule has 0 amide bonds. The van der Waals surface area contributed by atoms with Gasteiger partial charge in [0.05, 0.1) is 17.2 Å². The molecule has 7 heteroatoms. The molecule has 0 aliphatic rings. The molecule has 0 atom stereocenters. The zero-order chi connectivity index (χ0) is 14.1. The van der Waals surface area contributed by atoms with Crippen molar-refractivity contribution in [2.24, 2.45) is 0 Å². The maximum atomic E-state index is 12.2. The van der Waals surface area contributed by atoms with Crippen LogP contribution in [0.25, 0.3) is 16.2 Å². The van der Waals surface area contributed by atoms with Crippen LogP contribution in [0.3, 0.4) is 0 Å². The van der Waals surface area contributed by atoms with Gasteiger partial charge in [0, 0.05) is 12.3 Å². The first-order valence-corrected chi connectivity index (χ1v) is 6.90. The van der Waals surface area contributed by atoms with Gasteiger partial charge in [0.1, 0.15) is 5.56 Å². The number of ether oxygens (including phenoxy) is 1. The van der Waals surface area contributed by atoms with E-state index >= 15 is 0 Å². The molecule has 102 valence electrons. The Labute approximate surface area is 117 Å². The monoisotopic (exact) mass is 289 g/mol. The third kappa shape index (κ3) is 2.01. The molecule has 0 saturated heterocycles. The van der Waals surface area contributed by atoms with E-state index in [0.717, 1.165) is 10.6 Å². The number of fused-ring (bicyclic) bond motifs is 1. The summed E-state index contributed by atoms with van der Waals surface area (Å²) in [7, 11) is 0. The fourth-order valence-electron chi connectivity index (χ4n) is 1.87. The van der Waals surface area contributed by atoms with Gasteiger partial charge in [-0.3, -0.25) is 9.89 Å². The maximum Gasteiger partial charge on any atom is 0.345 e. The molecule has 3 aromatic rings. The van der Waals surface area contributed by atoms with Gasteiger partial charge in [-0.05, 0) is 18.4 Å². The van der Waals surface area contributed by atoms with Gasteiger partial charge in [0.25, 0.3) is 5.56 Å². The Kier molecular flexibility index (Phi) is 3.11. The van der Waals surface area contributed by atoms with Crippen molar-refractivity contribution in [1.29, 1.82) is 0 Å². The lowest BCUT2D eigenvalue weighted by Gasteiger charge is -2.00. The van der Waals surface area contributed by atoms with Crippen LogP contribution >= 0.6 is 11.3 Å². The normalized spacial score (nSPS) is 10.8. The highest BCUT2D eigenvalue weighted by atomic mass is 32.1. The van der Waals surface area contributed by atoms with Crippen molar-refractivity contribution in [2.45, 2.75) is 6.92 Å². The molecule has 3 rings (SSSR count). The zero-order valence-electron chi connectivity index (χ0n) is 10.6. The second kappa shape index (κ2) is 4.93. The summed E-state index contributed by atoms with van der Waals surface area (Å²) in [6, 6.07) is 5.63. The Balaban J connectivity index is 2.14. The largest absolute Gasteiger partial charge is 0.462 e. The van der Waals surface area contributed by atoms with E-state index in [2.05, 4.69) is 10.1 Å². The summed E-state index contributed by atoms with van der Waals surface area (Å²) in [6.45, 7) is 1.90. The molecule has 0 fully saturated rings. The number of H-pyrrole nitrogens is 1. The summed E-state index contributed by atoms with van der Waals surface area (Å²) < 4.78 is 6.08. The molecule has 3 heterocycles. The Bertz CT molecular complexity index is 817. The lowest BCUT2D eigenvalue weighted by Crippen LogP contribution is -2.24. The Morgan fingerprint density at radius 1 is 1.55 bits per heavy atom. The number of esters is 1. The van der Waals surface area contributed by atoms with Crippen LogP contribution in [0.4, 0.5) is 0 Å². The summed E-state index contributed by atoms with van der Waals surface area (Å²) in [4.78, 5) is 29.0. The van der Waals surface area contributed by atoms with E-state index in [1.165, 1.54) is 10.7 Å². The van der Waals surface area contributed by atoms with Gasteiger partial charge < -0.3 is 4.74 Å². The molecule has 0 radical (unpaired) electrons. The summed E-state index contributed by atoms with van der Waals surface area (Å²) in [5.74, 6) is -0.660.